The highest BCUT2D eigenvalue weighted by Gasteiger charge is 2.09. The molecule has 2 heteroatoms. The van der Waals surface area contributed by atoms with E-state index in [0.29, 0.717) is 11.7 Å². The maximum absolute atomic E-state index is 9.65. The second-order valence-electron chi connectivity index (χ2n) is 3.42. The largest absolute Gasteiger partial charge is 0.508 e. The number of hydrogen-bond donors (Lipinski definition) is 2. The Kier molecular flexibility index (Phi) is 3.18. The second-order valence-corrected chi connectivity index (χ2v) is 3.42. The minimum Gasteiger partial charge on any atom is -0.508 e. The number of hydrogen-bond acceptors (Lipinski definition) is 2. The van der Waals surface area contributed by atoms with Crippen LogP contribution in [0, 0.1) is 0 Å². The first-order chi connectivity index (χ1) is 6.16. The van der Waals surface area contributed by atoms with Crippen LogP contribution in [0.2, 0.25) is 0 Å². The molecule has 0 bridgehead atoms. The fourth-order valence-corrected chi connectivity index (χ4v) is 1.50. The van der Waals surface area contributed by atoms with Crippen molar-refractivity contribution in [3.05, 3.63) is 23.8 Å². The van der Waals surface area contributed by atoms with Crippen LogP contribution in [0.25, 0.3) is 0 Å². The van der Waals surface area contributed by atoms with Gasteiger partial charge >= 0.3 is 0 Å². The molecule has 0 aliphatic carbocycles. The van der Waals surface area contributed by atoms with E-state index in [1.165, 1.54) is 0 Å². The molecule has 1 aromatic rings. The van der Waals surface area contributed by atoms with Crippen LogP contribution in [0.15, 0.2) is 18.2 Å². The van der Waals surface area contributed by atoms with Gasteiger partial charge in [-0.3, -0.25) is 0 Å². The first-order valence-electron chi connectivity index (χ1n) is 4.72. The molecule has 13 heavy (non-hydrogen) atoms. The fraction of sp³-hybridized carbons (Fsp3) is 0.455. The van der Waals surface area contributed by atoms with Crippen LogP contribution >= 0.6 is 0 Å². The van der Waals surface area contributed by atoms with Crippen LogP contribution in [0.5, 0.6) is 5.75 Å². The smallest absolute Gasteiger partial charge is 0.121 e. The zero-order valence-corrected chi connectivity index (χ0v) is 8.46. The van der Waals surface area contributed by atoms with Crippen LogP contribution in [0.4, 0.5) is 5.69 Å². The van der Waals surface area contributed by atoms with Crippen LogP contribution < -0.4 is 5.32 Å². The van der Waals surface area contributed by atoms with Crippen molar-refractivity contribution in [1.29, 1.82) is 0 Å². The first kappa shape index (κ1) is 9.90. The average molecular weight is 179 g/mol. The lowest BCUT2D eigenvalue weighted by Gasteiger charge is -2.14. The minimum atomic E-state index is 0.343. The third kappa shape index (κ3) is 2.14. The third-order valence-electron chi connectivity index (χ3n) is 2.03. The van der Waals surface area contributed by atoms with Gasteiger partial charge in [0, 0.05) is 17.8 Å². The van der Waals surface area contributed by atoms with Crippen molar-refractivity contribution in [3.8, 4) is 5.75 Å². The van der Waals surface area contributed by atoms with E-state index in [1.807, 2.05) is 19.1 Å². The highest BCUT2D eigenvalue weighted by Crippen LogP contribution is 2.32. The Hall–Kier alpha value is -1.18. The number of rotatable bonds is 3. The van der Waals surface area contributed by atoms with Crippen LogP contribution in [0.1, 0.15) is 32.3 Å². The molecule has 0 aromatic heterocycles. The first-order valence-corrected chi connectivity index (χ1v) is 4.72. The van der Waals surface area contributed by atoms with Crippen LogP contribution in [-0.4, -0.2) is 11.7 Å². The van der Waals surface area contributed by atoms with E-state index < -0.39 is 0 Å². The number of phenolic OH excluding ortho intramolecular Hbond substituents is 1. The number of phenols is 1. The van der Waals surface area contributed by atoms with Crippen LogP contribution in [0.3, 0.4) is 0 Å². The van der Waals surface area contributed by atoms with Gasteiger partial charge in [0.15, 0.2) is 0 Å². The lowest BCUT2D eigenvalue weighted by atomic mass is 10.00. The van der Waals surface area contributed by atoms with Crippen molar-refractivity contribution < 1.29 is 5.11 Å². The summed E-state index contributed by atoms with van der Waals surface area (Å²) in [6, 6.07) is 5.59. The van der Waals surface area contributed by atoms with Gasteiger partial charge in [-0.2, -0.15) is 0 Å². The molecule has 0 fully saturated rings. The Morgan fingerprint density at radius 1 is 1.38 bits per heavy atom. The van der Waals surface area contributed by atoms with E-state index in [1.54, 1.807) is 6.07 Å². The highest BCUT2D eigenvalue weighted by molar-refractivity contribution is 5.58. The van der Waals surface area contributed by atoms with Crippen molar-refractivity contribution in [1.82, 2.24) is 0 Å². The lowest BCUT2D eigenvalue weighted by Crippen LogP contribution is -2.01. The Morgan fingerprint density at radius 2 is 2.08 bits per heavy atom. The van der Waals surface area contributed by atoms with E-state index in [2.05, 4.69) is 19.2 Å². The zero-order valence-electron chi connectivity index (χ0n) is 8.46. The summed E-state index contributed by atoms with van der Waals surface area (Å²) in [4.78, 5) is 0. The van der Waals surface area contributed by atoms with Gasteiger partial charge in [-0.1, -0.05) is 19.9 Å². The second kappa shape index (κ2) is 4.17. The Bertz CT molecular complexity index is 281. The van der Waals surface area contributed by atoms with Crippen molar-refractivity contribution in [2.24, 2.45) is 0 Å². The van der Waals surface area contributed by atoms with E-state index in [4.69, 9.17) is 0 Å². The normalized spacial score (nSPS) is 10.5. The van der Waals surface area contributed by atoms with Crippen LogP contribution in [-0.2, 0) is 0 Å². The topological polar surface area (TPSA) is 32.3 Å². The number of benzene rings is 1. The molecule has 2 N–H and O–H groups in total. The molecule has 0 amide bonds. The number of aromatic hydroxyl groups is 1. The van der Waals surface area contributed by atoms with E-state index in [9.17, 15) is 5.11 Å². The Balaban J connectivity index is 3.10. The van der Waals surface area contributed by atoms with Crippen molar-refractivity contribution >= 4 is 5.69 Å². The molecule has 72 valence electrons. The molecule has 0 heterocycles. The maximum Gasteiger partial charge on any atom is 0.121 e. The zero-order chi connectivity index (χ0) is 9.84. The van der Waals surface area contributed by atoms with E-state index in [-0.39, 0.29) is 0 Å². The van der Waals surface area contributed by atoms with Crippen molar-refractivity contribution in [3.63, 3.8) is 0 Å². The molecule has 1 aromatic carbocycles. The van der Waals surface area contributed by atoms with Gasteiger partial charge in [0.05, 0.1) is 0 Å². The molecule has 0 atom stereocenters. The molecule has 1 rings (SSSR count). The monoisotopic (exact) mass is 179 g/mol. The SMILES string of the molecule is CCNc1cccc(O)c1C(C)C. The standard InChI is InChI=1S/C11H17NO/c1-4-12-9-6-5-7-10(13)11(9)8(2)3/h5-8,12-13H,4H2,1-3H3. The summed E-state index contributed by atoms with van der Waals surface area (Å²) in [6.07, 6.45) is 0. The van der Waals surface area contributed by atoms with Crippen molar-refractivity contribution in [2.45, 2.75) is 26.7 Å². The molecule has 0 saturated carbocycles. The lowest BCUT2D eigenvalue weighted by molar-refractivity contribution is 0.465. The molecule has 0 spiro atoms. The molecule has 0 aliphatic heterocycles. The van der Waals surface area contributed by atoms with Gasteiger partial charge in [-0.15, -0.1) is 0 Å². The number of nitrogens with one attached hydrogen (secondary N) is 1. The maximum atomic E-state index is 9.65. The van der Waals surface area contributed by atoms with Gasteiger partial charge in [0.1, 0.15) is 5.75 Å². The molecule has 0 saturated heterocycles. The van der Waals surface area contributed by atoms with Gasteiger partial charge in [0.2, 0.25) is 0 Å². The summed E-state index contributed by atoms with van der Waals surface area (Å²) in [6.45, 7) is 7.09. The molecule has 0 unspecified atom stereocenters. The summed E-state index contributed by atoms with van der Waals surface area (Å²) >= 11 is 0. The predicted octanol–water partition coefficient (Wildman–Crippen LogP) is 2.95. The summed E-state index contributed by atoms with van der Waals surface area (Å²) in [5.41, 5.74) is 2.04. The van der Waals surface area contributed by atoms with Gasteiger partial charge in [-0.05, 0) is 25.0 Å². The molecular weight excluding hydrogens is 162 g/mol. The summed E-state index contributed by atoms with van der Waals surface area (Å²) in [5.74, 6) is 0.726. The Morgan fingerprint density at radius 3 is 2.62 bits per heavy atom. The molecule has 0 aliphatic rings. The van der Waals surface area contributed by atoms with E-state index >= 15 is 0 Å². The molecule has 0 radical (unpaired) electrons. The third-order valence-corrected chi connectivity index (χ3v) is 2.03. The minimum absolute atomic E-state index is 0.343. The molecule has 2 nitrogen and oxygen atoms in total. The summed E-state index contributed by atoms with van der Waals surface area (Å²) < 4.78 is 0. The summed E-state index contributed by atoms with van der Waals surface area (Å²) in [5, 5.41) is 12.9. The van der Waals surface area contributed by atoms with Gasteiger partial charge < -0.3 is 10.4 Å². The average Bonchev–Trinajstić information content (AvgIpc) is 2.04. The Labute approximate surface area is 79.6 Å². The van der Waals surface area contributed by atoms with E-state index in [0.717, 1.165) is 17.8 Å². The fourth-order valence-electron chi connectivity index (χ4n) is 1.50. The quantitative estimate of drug-likeness (QED) is 0.747. The van der Waals surface area contributed by atoms with Crippen molar-refractivity contribution in [2.75, 3.05) is 11.9 Å². The highest BCUT2D eigenvalue weighted by atomic mass is 16.3. The predicted molar refractivity (Wildman–Crippen MR) is 56.4 cm³/mol. The van der Waals surface area contributed by atoms with Gasteiger partial charge in [0.25, 0.3) is 0 Å². The van der Waals surface area contributed by atoms with Gasteiger partial charge in [-0.25, -0.2) is 0 Å². The molecular formula is C11H17NO. The summed E-state index contributed by atoms with van der Waals surface area (Å²) in [7, 11) is 0. The number of anilines is 1.